The van der Waals surface area contributed by atoms with Crippen molar-refractivity contribution in [3.8, 4) is 0 Å². The molecule has 4 heteroatoms. The van der Waals surface area contributed by atoms with Crippen LogP contribution in [0, 0.1) is 5.92 Å². The van der Waals surface area contributed by atoms with E-state index >= 15 is 0 Å². The Kier molecular flexibility index (Phi) is 4.22. The molecule has 1 fully saturated rings. The summed E-state index contributed by atoms with van der Waals surface area (Å²) >= 11 is 7.50. The maximum Gasteiger partial charge on any atom is 0.107 e. The highest BCUT2D eigenvalue weighted by molar-refractivity contribution is 7.09. The molecule has 16 heavy (non-hydrogen) atoms. The summed E-state index contributed by atoms with van der Waals surface area (Å²) in [5, 5.41) is 3.28. The molecular weight excluding hydrogens is 240 g/mol. The Morgan fingerprint density at radius 1 is 1.56 bits per heavy atom. The number of thiazole rings is 1. The van der Waals surface area contributed by atoms with E-state index < -0.39 is 0 Å². The average molecular weight is 259 g/mol. The van der Waals surface area contributed by atoms with Crippen molar-refractivity contribution in [1.82, 2.24) is 9.88 Å². The van der Waals surface area contributed by atoms with Crippen LogP contribution in [0.25, 0.3) is 0 Å². The first-order valence-corrected chi connectivity index (χ1v) is 7.33. The fourth-order valence-corrected chi connectivity index (χ4v) is 2.95. The number of hydrogen-bond donors (Lipinski definition) is 0. The minimum absolute atomic E-state index is 0.532. The van der Waals surface area contributed by atoms with Gasteiger partial charge in [-0.3, -0.25) is 4.90 Å². The van der Waals surface area contributed by atoms with Crippen LogP contribution in [-0.4, -0.2) is 22.5 Å². The van der Waals surface area contributed by atoms with Crippen molar-refractivity contribution >= 4 is 22.9 Å². The van der Waals surface area contributed by atoms with Crippen LogP contribution < -0.4 is 0 Å². The van der Waals surface area contributed by atoms with Gasteiger partial charge in [-0.2, -0.15) is 0 Å². The van der Waals surface area contributed by atoms with Crippen molar-refractivity contribution in [3.05, 3.63) is 16.1 Å². The van der Waals surface area contributed by atoms with Crippen molar-refractivity contribution in [2.24, 2.45) is 5.92 Å². The standard InChI is InChI=1S/C12H19ClN2S/c1-9(2)6-15(11-3-4-11)7-12-14-10(5-13)8-16-12/h8-9,11H,3-7H2,1-2H3. The molecule has 0 saturated heterocycles. The number of nitrogens with zero attached hydrogens (tertiary/aromatic N) is 2. The molecule has 0 radical (unpaired) electrons. The van der Waals surface area contributed by atoms with Gasteiger partial charge in [0.25, 0.3) is 0 Å². The van der Waals surface area contributed by atoms with E-state index in [4.69, 9.17) is 11.6 Å². The number of aromatic nitrogens is 1. The summed E-state index contributed by atoms with van der Waals surface area (Å²) < 4.78 is 0. The van der Waals surface area contributed by atoms with Crippen LogP contribution in [-0.2, 0) is 12.4 Å². The van der Waals surface area contributed by atoms with Gasteiger partial charge in [0, 0.05) is 18.0 Å². The summed E-state index contributed by atoms with van der Waals surface area (Å²) in [7, 11) is 0. The third-order valence-corrected chi connectivity index (χ3v) is 3.89. The van der Waals surface area contributed by atoms with Gasteiger partial charge in [0.15, 0.2) is 0 Å². The van der Waals surface area contributed by atoms with Crippen LogP contribution in [0.15, 0.2) is 5.38 Å². The topological polar surface area (TPSA) is 16.1 Å². The molecule has 1 heterocycles. The molecule has 1 aliphatic carbocycles. The number of rotatable bonds is 6. The second-order valence-electron chi connectivity index (χ2n) is 4.92. The molecule has 0 atom stereocenters. The number of halogens is 1. The van der Waals surface area contributed by atoms with Crippen molar-refractivity contribution in [3.63, 3.8) is 0 Å². The van der Waals surface area contributed by atoms with E-state index in [1.807, 2.05) is 0 Å². The van der Waals surface area contributed by atoms with Crippen LogP contribution in [0.5, 0.6) is 0 Å². The quantitative estimate of drug-likeness (QED) is 0.726. The monoisotopic (exact) mass is 258 g/mol. The summed E-state index contributed by atoms with van der Waals surface area (Å²) in [5.41, 5.74) is 1.02. The van der Waals surface area contributed by atoms with Gasteiger partial charge in [-0.15, -0.1) is 22.9 Å². The molecule has 0 aromatic carbocycles. The van der Waals surface area contributed by atoms with E-state index in [1.165, 1.54) is 24.4 Å². The second-order valence-corrected chi connectivity index (χ2v) is 6.13. The predicted octanol–water partition coefficient (Wildman–Crippen LogP) is 3.50. The molecule has 0 spiro atoms. The van der Waals surface area contributed by atoms with Gasteiger partial charge in [0.05, 0.1) is 18.1 Å². The lowest BCUT2D eigenvalue weighted by Crippen LogP contribution is -2.29. The van der Waals surface area contributed by atoms with E-state index in [1.54, 1.807) is 11.3 Å². The van der Waals surface area contributed by atoms with Crippen LogP contribution in [0.3, 0.4) is 0 Å². The zero-order chi connectivity index (χ0) is 11.5. The Morgan fingerprint density at radius 2 is 2.31 bits per heavy atom. The second kappa shape index (κ2) is 5.48. The minimum Gasteiger partial charge on any atom is -0.293 e. The summed E-state index contributed by atoms with van der Waals surface area (Å²) in [4.78, 5) is 7.10. The first kappa shape index (κ1) is 12.3. The molecule has 1 saturated carbocycles. The fourth-order valence-electron chi connectivity index (χ4n) is 1.91. The van der Waals surface area contributed by atoms with Crippen molar-refractivity contribution in [2.75, 3.05) is 6.54 Å². The van der Waals surface area contributed by atoms with Crippen LogP contribution in [0.2, 0.25) is 0 Å². The van der Waals surface area contributed by atoms with Crippen LogP contribution in [0.4, 0.5) is 0 Å². The maximum absolute atomic E-state index is 5.77. The summed E-state index contributed by atoms with van der Waals surface area (Å²) in [6, 6.07) is 0.811. The zero-order valence-corrected chi connectivity index (χ0v) is 11.5. The zero-order valence-electron chi connectivity index (χ0n) is 9.95. The Labute approximate surface area is 107 Å². The van der Waals surface area contributed by atoms with Gasteiger partial charge in [-0.1, -0.05) is 13.8 Å². The summed E-state index contributed by atoms with van der Waals surface area (Å²) in [5.74, 6) is 1.26. The average Bonchev–Trinajstić information content (AvgIpc) is 2.98. The lowest BCUT2D eigenvalue weighted by Gasteiger charge is -2.22. The first-order chi connectivity index (χ1) is 7.69. The van der Waals surface area contributed by atoms with E-state index in [-0.39, 0.29) is 0 Å². The smallest absolute Gasteiger partial charge is 0.107 e. The fraction of sp³-hybridized carbons (Fsp3) is 0.750. The Balaban J connectivity index is 1.93. The molecule has 0 bridgehead atoms. The van der Waals surface area contributed by atoms with E-state index in [9.17, 15) is 0 Å². The Bertz CT molecular complexity index is 334. The highest BCUT2D eigenvalue weighted by Crippen LogP contribution is 2.29. The predicted molar refractivity (Wildman–Crippen MR) is 69.9 cm³/mol. The van der Waals surface area contributed by atoms with E-state index in [0.717, 1.165) is 24.2 Å². The SMILES string of the molecule is CC(C)CN(Cc1nc(CCl)cs1)C1CC1. The molecule has 90 valence electrons. The van der Waals surface area contributed by atoms with Gasteiger partial charge in [-0.05, 0) is 18.8 Å². The van der Waals surface area contributed by atoms with Crippen LogP contribution in [0.1, 0.15) is 37.4 Å². The van der Waals surface area contributed by atoms with Gasteiger partial charge < -0.3 is 0 Å². The summed E-state index contributed by atoms with van der Waals surface area (Å²) in [6.45, 7) is 6.74. The van der Waals surface area contributed by atoms with Crippen molar-refractivity contribution in [1.29, 1.82) is 0 Å². The number of alkyl halides is 1. The molecule has 0 amide bonds. The molecule has 0 N–H and O–H groups in total. The molecule has 1 aliphatic rings. The molecule has 1 aromatic heterocycles. The third kappa shape index (κ3) is 3.44. The van der Waals surface area contributed by atoms with Crippen molar-refractivity contribution < 1.29 is 0 Å². The van der Waals surface area contributed by atoms with E-state index in [0.29, 0.717) is 5.88 Å². The Hall–Kier alpha value is -0.120. The minimum atomic E-state index is 0.532. The van der Waals surface area contributed by atoms with Gasteiger partial charge in [0.2, 0.25) is 0 Å². The molecule has 0 aliphatic heterocycles. The highest BCUT2D eigenvalue weighted by Gasteiger charge is 2.29. The van der Waals surface area contributed by atoms with Gasteiger partial charge >= 0.3 is 0 Å². The first-order valence-electron chi connectivity index (χ1n) is 5.92. The van der Waals surface area contributed by atoms with E-state index in [2.05, 4.69) is 29.1 Å². The normalized spacial score (nSPS) is 16.3. The summed E-state index contributed by atoms with van der Waals surface area (Å²) in [6.07, 6.45) is 2.72. The largest absolute Gasteiger partial charge is 0.293 e. The molecule has 2 rings (SSSR count). The molecule has 1 aromatic rings. The van der Waals surface area contributed by atoms with Crippen LogP contribution >= 0.6 is 22.9 Å². The third-order valence-electron chi connectivity index (χ3n) is 2.74. The van der Waals surface area contributed by atoms with Gasteiger partial charge in [-0.25, -0.2) is 4.98 Å². The van der Waals surface area contributed by atoms with Gasteiger partial charge in [0.1, 0.15) is 5.01 Å². The molecule has 0 unspecified atom stereocenters. The molecular formula is C12H19ClN2S. The highest BCUT2D eigenvalue weighted by atomic mass is 35.5. The maximum atomic E-state index is 5.77. The lowest BCUT2D eigenvalue weighted by molar-refractivity contribution is 0.225. The molecule has 2 nitrogen and oxygen atoms in total. The lowest BCUT2D eigenvalue weighted by atomic mass is 10.2. The number of hydrogen-bond acceptors (Lipinski definition) is 3. The van der Waals surface area contributed by atoms with Crippen molar-refractivity contribution in [2.45, 2.75) is 45.2 Å². The Morgan fingerprint density at radius 3 is 2.81 bits per heavy atom.